The molecule has 2 aromatic heterocycles. The van der Waals surface area contributed by atoms with Gasteiger partial charge in [-0.3, -0.25) is 4.68 Å². The van der Waals surface area contributed by atoms with Gasteiger partial charge in [-0.15, -0.1) is 0 Å². The first kappa shape index (κ1) is 13.8. The molecule has 0 saturated carbocycles. The third-order valence-electron chi connectivity index (χ3n) is 2.89. The van der Waals surface area contributed by atoms with Crippen LogP contribution in [-0.4, -0.2) is 24.7 Å². The van der Waals surface area contributed by atoms with E-state index in [0.29, 0.717) is 11.7 Å². The summed E-state index contributed by atoms with van der Waals surface area (Å²) < 4.78 is 3.38. The Morgan fingerprint density at radius 2 is 2.10 bits per heavy atom. The Kier molecular flexibility index (Phi) is 3.98. The fourth-order valence-corrected chi connectivity index (χ4v) is 2.31. The SMILES string of the molecule is S=C(Nc1cnn(Cc2ccccc2Cl)c1)n1cccn1. The maximum Gasteiger partial charge on any atom is 0.198 e. The number of benzene rings is 1. The number of aromatic nitrogens is 4. The zero-order chi connectivity index (χ0) is 14.7. The van der Waals surface area contributed by atoms with Crippen LogP contribution in [0.3, 0.4) is 0 Å². The van der Waals surface area contributed by atoms with Gasteiger partial charge in [-0.05, 0) is 29.9 Å². The van der Waals surface area contributed by atoms with Crippen molar-refractivity contribution in [1.82, 2.24) is 19.6 Å². The van der Waals surface area contributed by atoms with Crippen LogP contribution in [0.4, 0.5) is 5.69 Å². The molecule has 21 heavy (non-hydrogen) atoms. The molecule has 0 bridgehead atoms. The minimum Gasteiger partial charge on any atom is -0.328 e. The molecule has 0 amide bonds. The Morgan fingerprint density at radius 1 is 1.24 bits per heavy atom. The number of hydrogen-bond donors (Lipinski definition) is 1. The standard InChI is InChI=1S/C14H12ClN5S/c15-13-5-2-1-4-11(13)9-19-10-12(8-17-19)18-14(21)20-7-3-6-16-20/h1-8,10H,9H2,(H,18,21). The zero-order valence-electron chi connectivity index (χ0n) is 11.0. The van der Waals surface area contributed by atoms with Crippen molar-refractivity contribution in [3.05, 3.63) is 65.7 Å². The molecule has 0 aliphatic rings. The topological polar surface area (TPSA) is 47.7 Å². The van der Waals surface area contributed by atoms with E-state index in [0.717, 1.165) is 16.3 Å². The maximum atomic E-state index is 6.14. The van der Waals surface area contributed by atoms with Gasteiger partial charge in [0.1, 0.15) is 0 Å². The Labute approximate surface area is 132 Å². The Hall–Kier alpha value is -2.18. The van der Waals surface area contributed by atoms with Crippen LogP contribution in [-0.2, 0) is 6.54 Å². The van der Waals surface area contributed by atoms with Crippen LogP contribution in [0.2, 0.25) is 5.02 Å². The van der Waals surface area contributed by atoms with Crippen LogP contribution in [0, 0.1) is 0 Å². The average molecular weight is 318 g/mol. The van der Waals surface area contributed by atoms with Crippen molar-refractivity contribution in [3.8, 4) is 0 Å². The Bertz CT molecular complexity index is 750. The van der Waals surface area contributed by atoms with E-state index in [2.05, 4.69) is 15.5 Å². The summed E-state index contributed by atoms with van der Waals surface area (Å²) in [4.78, 5) is 0. The average Bonchev–Trinajstić information content (AvgIpc) is 3.13. The van der Waals surface area contributed by atoms with Crippen molar-refractivity contribution in [2.24, 2.45) is 0 Å². The van der Waals surface area contributed by atoms with Gasteiger partial charge < -0.3 is 5.32 Å². The van der Waals surface area contributed by atoms with E-state index < -0.39 is 0 Å². The zero-order valence-corrected chi connectivity index (χ0v) is 12.6. The lowest BCUT2D eigenvalue weighted by molar-refractivity contribution is 0.687. The molecule has 0 aliphatic carbocycles. The predicted octanol–water partition coefficient (Wildman–Crippen LogP) is 3.03. The van der Waals surface area contributed by atoms with Crippen LogP contribution in [0.5, 0.6) is 0 Å². The number of halogens is 1. The lowest BCUT2D eigenvalue weighted by Crippen LogP contribution is -2.19. The fourth-order valence-electron chi connectivity index (χ4n) is 1.89. The summed E-state index contributed by atoms with van der Waals surface area (Å²) >= 11 is 11.4. The van der Waals surface area contributed by atoms with Crippen molar-refractivity contribution < 1.29 is 0 Å². The third-order valence-corrected chi connectivity index (χ3v) is 3.55. The number of anilines is 1. The van der Waals surface area contributed by atoms with Crippen LogP contribution in [0.1, 0.15) is 5.56 Å². The summed E-state index contributed by atoms with van der Waals surface area (Å²) in [6.45, 7) is 0.607. The summed E-state index contributed by atoms with van der Waals surface area (Å²) in [5, 5.41) is 12.7. The molecule has 0 radical (unpaired) electrons. The quantitative estimate of drug-likeness (QED) is 0.754. The normalized spacial score (nSPS) is 10.5. The largest absolute Gasteiger partial charge is 0.328 e. The first-order valence-corrected chi connectivity index (χ1v) is 7.08. The van der Waals surface area contributed by atoms with Crippen LogP contribution < -0.4 is 5.32 Å². The van der Waals surface area contributed by atoms with E-state index in [1.54, 1.807) is 28.0 Å². The molecule has 0 spiro atoms. The number of nitrogens with zero attached hydrogens (tertiary/aromatic N) is 4. The minimum absolute atomic E-state index is 0.497. The molecule has 106 valence electrons. The molecular formula is C14H12ClN5S. The summed E-state index contributed by atoms with van der Waals surface area (Å²) in [5.41, 5.74) is 1.83. The van der Waals surface area contributed by atoms with E-state index in [-0.39, 0.29) is 0 Å². The second-order valence-corrected chi connectivity index (χ2v) is 5.19. The van der Waals surface area contributed by atoms with E-state index >= 15 is 0 Å². The van der Waals surface area contributed by atoms with Crippen LogP contribution in [0.15, 0.2) is 55.1 Å². The first-order valence-electron chi connectivity index (χ1n) is 6.29. The van der Waals surface area contributed by atoms with Gasteiger partial charge >= 0.3 is 0 Å². The van der Waals surface area contributed by atoms with Gasteiger partial charge in [-0.1, -0.05) is 29.8 Å². The van der Waals surface area contributed by atoms with Crippen molar-refractivity contribution in [2.75, 3.05) is 5.32 Å². The Morgan fingerprint density at radius 3 is 2.86 bits per heavy atom. The molecule has 1 N–H and O–H groups in total. The molecule has 2 heterocycles. The second kappa shape index (κ2) is 6.07. The molecule has 3 rings (SSSR count). The summed E-state index contributed by atoms with van der Waals surface area (Å²) in [7, 11) is 0. The molecule has 0 unspecified atom stereocenters. The molecule has 0 fully saturated rings. The molecular weight excluding hydrogens is 306 g/mol. The van der Waals surface area contributed by atoms with Gasteiger partial charge in [0.05, 0.1) is 18.4 Å². The van der Waals surface area contributed by atoms with Gasteiger partial charge in [0.25, 0.3) is 0 Å². The van der Waals surface area contributed by atoms with Gasteiger partial charge in [0.2, 0.25) is 0 Å². The molecule has 7 heteroatoms. The highest BCUT2D eigenvalue weighted by molar-refractivity contribution is 7.80. The van der Waals surface area contributed by atoms with Crippen molar-refractivity contribution >= 4 is 34.6 Å². The lowest BCUT2D eigenvalue weighted by atomic mass is 10.2. The summed E-state index contributed by atoms with van der Waals surface area (Å²) in [6, 6.07) is 9.52. The Balaban J connectivity index is 1.69. The van der Waals surface area contributed by atoms with Gasteiger partial charge in [-0.2, -0.15) is 10.2 Å². The van der Waals surface area contributed by atoms with Gasteiger partial charge in [0, 0.05) is 23.6 Å². The number of hydrogen-bond acceptors (Lipinski definition) is 3. The maximum absolute atomic E-state index is 6.14. The third kappa shape index (κ3) is 3.29. The number of thiocarbonyl (C=S) groups is 1. The van der Waals surface area contributed by atoms with E-state index in [9.17, 15) is 0 Å². The van der Waals surface area contributed by atoms with Crippen molar-refractivity contribution in [2.45, 2.75) is 6.54 Å². The fraction of sp³-hybridized carbons (Fsp3) is 0.0714. The number of rotatable bonds is 3. The summed E-state index contributed by atoms with van der Waals surface area (Å²) in [6.07, 6.45) is 7.05. The molecule has 0 atom stereocenters. The second-order valence-electron chi connectivity index (χ2n) is 4.40. The molecule has 3 aromatic rings. The first-order chi connectivity index (χ1) is 10.2. The van der Waals surface area contributed by atoms with Crippen molar-refractivity contribution in [3.63, 3.8) is 0 Å². The predicted molar refractivity (Wildman–Crippen MR) is 86.6 cm³/mol. The van der Waals surface area contributed by atoms with E-state index in [4.69, 9.17) is 23.8 Å². The number of nitrogens with one attached hydrogen (secondary N) is 1. The minimum atomic E-state index is 0.497. The van der Waals surface area contributed by atoms with Crippen LogP contribution in [0.25, 0.3) is 0 Å². The van der Waals surface area contributed by atoms with Crippen molar-refractivity contribution in [1.29, 1.82) is 0 Å². The lowest BCUT2D eigenvalue weighted by Gasteiger charge is -2.05. The monoisotopic (exact) mass is 317 g/mol. The van der Waals surface area contributed by atoms with Gasteiger partial charge in [0.15, 0.2) is 5.11 Å². The summed E-state index contributed by atoms with van der Waals surface area (Å²) in [5.74, 6) is 0. The van der Waals surface area contributed by atoms with E-state index in [1.165, 1.54) is 0 Å². The van der Waals surface area contributed by atoms with Gasteiger partial charge in [-0.25, -0.2) is 4.68 Å². The highest BCUT2D eigenvalue weighted by Crippen LogP contribution is 2.16. The van der Waals surface area contributed by atoms with Crippen LogP contribution >= 0.6 is 23.8 Å². The highest BCUT2D eigenvalue weighted by atomic mass is 35.5. The molecule has 5 nitrogen and oxygen atoms in total. The molecule has 0 aliphatic heterocycles. The highest BCUT2D eigenvalue weighted by Gasteiger charge is 2.05. The smallest absolute Gasteiger partial charge is 0.198 e. The molecule has 1 aromatic carbocycles. The molecule has 0 saturated heterocycles. The van der Waals surface area contributed by atoms with E-state index in [1.807, 2.05) is 36.5 Å².